The molecule has 8 heteroatoms. The van der Waals surface area contributed by atoms with Gasteiger partial charge in [-0.1, -0.05) is 6.92 Å². The van der Waals surface area contributed by atoms with Crippen LogP contribution in [0.5, 0.6) is 0 Å². The van der Waals surface area contributed by atoms with Gasteiger partial charge >= 0.3 is 11.9 Å². The second-order valence-corrected chi connectivity index (χ2v) is 7.72. The first-order valence-corrected chi connectivity index (χ1v) is 9.37. The second-order valence-electron chi connectivity index (χ2n) is 5.79. The fourth-order valence-electron chi connectivity index (χ4n) is 2.46. The topological polar surface area (TPSA) is 92.8 Å². The van der Waals surface area contributed by atoms with Crippen LogP contribution >= 0.6 is 0 Å². The van der Waals surface area contributed by atoms with Crippen LogP contribution in [-0.2, 0) is 24.3 Å². The Hall–Kier alpha value is -1.93. The smallest absolute Gasteiger partial charge is 0.397 e. The Bertz CT molecular complexity index is 692. The van der Waals surface area contributed by atoms with Crippen molar-refractivity contribution < 1.29 is 22.7 Å². The van der Waals surface area contributed by atoms with E-state index in [1.54, 1.807) is 6.92 Å². The van der Waals surface area contributed by atoms with Gasteiger partial charge in [0.1, 0.15) is 0 Å². The predicted molar refractivity (Wildman–Crippen MR) is 88.9 cm³/mol. The Morgan fingerprint density at radius 1 is 1.21 bits per heavy atom. The Kier molecular flexibility index (Phi) is 5.95. The zero-order chi connectivity index (χ0) is 17.7. The monoisotopic (exact) mass is 354 g/mol. The summed E-state index contributed by atoms with van der Waals surface area (Å²) in [7, 11) is -3.53. The summed E-state index contributed by atoms with van der Waals surface area (Å²) in [6, 6.07) is 5.76. The molecule has 1 heterocycles. The summed E-state index contributed by atoms with van der Waals surface area (Å²) in [4.78, 5) is 23.0. The quantitative estimate of drug-likeness (QED) is 0.655. The molecule has 7 nitrogen and oxygen atoms in total. The first kappa shape index (κ1) is 18.4. The van der Waals surface area contributed by atoms with Crippen molar-refractivity contribution in [2.45, 2.75) is 31.6 Å². The van der Waals surface area contributed by atoms with E-state index in [0.29, 0.717) is 24.7 Å². The van der Waals surface area contributed by atoms with Gasteiger partial charge in [-0.15, -0.1) is 0 Å². The molecular formula is C16H22N2O5S. The van der Waals surface area contributed by atoms with E-state index < -0.39 is 21.9 Å². The van der Waals surface area contributed by atoms with E-state index in [2.05, 4.69) is 17.0 Å². The maximum Gasteiger partial charge on any atom is 0.397 e. The SMILES string of the molecule is CCOC(=O)C(=O)Nc1ccc(S(=O)(=O)N2CCC(C)CC2)cc1. The Morgan fingerprint density at radius 2 is 1.79 bits per heavy atom. The maximum absolute atomic E-state index is 12.6. The summed E-state index contributed by atoms with van der Waals surface area (Å²) < 4.78 is 31.2. The molecule has 0 aliphatic carbocycles. The fourth-order valence-corrected chi connectivity index (χ4v) is 3.93. The Labute approximate surface area is 142 Å². The number of anilines is 1. The van der Waals surface area contributed by atoms with E-state index in [4.69, 9.17) is 0 Å². The van der Waals surface area contributed by atoms with Crippen LogP contribution in [0.4, 0.5) is 5.69 Å². The van der Waals surface area contributed by atoms with Gasteiger partial charge in [-0.25, -0.2) is 13.2 Å². The van der Waals surface area contributed by atoms with Crippen LogP contribution in [0.3, 0.4) is 0 Å². The number of piperidine rings is 1. The van der Waals surface area contributed by atoms with Crippen molar-refractivity contribution in [3.63, 3.8) is 0 Å². The lowest BCUT2D eigenvalue weighted by Crippen LogP contribution is -2.37. The zero-order valence-corrected chi connectivity index (χ0v) is 14.6. The number of hydrogen-bond acceptors (Lipinski definition) is 5. The number of amides is 1. The van der Waals surface area contributed by atoms with Gasteiger partial charge in [0.2, 0.25) is 10.0 Å². The van der Waals surface area contributed by atoms with Crippen molar-refractivity contribution in [3.8, 4) is 0 Å². The number of nitrogens with one attached hydrogen (secondary N) is 1. The molecule has 0 unspecified atom stereocenters. The minimum atomic E-state index is -3.53. The van der Waals surface area contributed by atoms with Crippen LogP contribution in [0.15, 0.2) is 29.2 Å². The molecule has 1 saturated heterocycles. The maximum atomic E-state index is 12.6. The minimum absolute atomic E-state index is 0.109. The number of sulfonamides is 1. The summed E-state index contributed by atoms with van der Waals surface area (Å²) in [6.45, 7) is 4.87. The van der Waals surface area contributed by atoms with Gasteiger partial charge in [0.15, 0.2) is 0 Å². The molecule has 132 valence electrons. The van der Waals surface area contributed by atoms with E-state index in [9.17, 15) is 18.0 Å². The fraction of sp³-hybridized carbons (Fsp3) is 0.500. The molecular weight excluding hydrogens is 332 g/mol. The van der Waals surface area contributed by atoms with Crippen LogP contribution in [0.25, 0.3) is 0 Å². The lowest BCUT2D eigenvalue weighted by Gasteiger charge is -2.29. The third-order valence-electron chi connectivity index (χ3n) is 3.95. The molecule has 24 heavy (non-hydrogen) atoms. The highest BCUT2D eigenvalue weighted by atomic mass is 32.2. The molecule has 1 amide bonds. The molecule has 0 bridgehead atoms. The average Bonchev–Trinajstić information content (AvgIpc) is 2.56. The van der Waals surface area contributed by atoms with E-state index in [1.165, 1.54) is 28.6 Å². The van der Waals surface area contributed by atoms with Crippen LogP contribution in [-0.4, -0.2) is 44.3 Å². The molecule has 0 aromatic heterocycles. The van der Waals surface area contributed by atoms with Crippen LogP contribution < -0.4 is 5.32 Å². The molecule has 0 radical (unpaired) electrons. The average molecular weight is 354 g/mol. The van der Waals surface area contributed by atoms with E-state index in [1.807, 2.05) is 0 Å². The number of benzene rings is 1. The van der Waals surface area contributed by atoms with E-state index >= 15 is 0 Å². The normalized spacial score (nSPS) is 16.6. The number of ether oxygens (including phenoxy) is 1. The molecule has 0 atom stereocenters. The molecule has 1 aromatic rings. The lowest BCUT2D eigenvalue weighted by molar-refractivity contribution is -0.152. The van der Waals surface area contributed by atoms with Crippen molar-refractivity contribution in [1.82, 2.24) is 4.31 Å². The number of carbonyl (C=O) groups excluding carboxylic acids is 2. The molecule has 1 aliphatic heterocycles. The van der Waals surface area contributed by atoms with Gasteiger partial charge in [-0.3, -0.25) is 4.79 Å². The third kappa shape index (κ3) is 4.33. The number of hydrogen-bond donors (Lipinski definition) is 1. The van der Waals surface area contributed by atoms with Crippen molar-refractivity contribution in [2.75, 3.05) is 25.0 Å². The van der Waals surface area contributed by atoms with Gasteiger partial charge in [0.25, 0.3) is 0 Å². The molecule has 1 fully saturated rings. The molecule has 1 aliphatic rings. The Morgan fingerprint density at radius 3 is 2.33 bits per heavy atom. The summed E-state index contributed by atoms with van der Waals surface area (Å²) in [5, 5.41) is 2.37. The van der Waals surface area contributed by atoms with Gasteiger partial charge in [-0.2, -0.15) is 4.31 Å². The van der Waals surface area contributed by atoms with Gasteiger partial charge in [0, 0.05) is 18.8 Å². The highest BCUT2D eigenvalue weighted by molar-refractivity contribution is 7.89. The van der Waals surface area contributed by atoms with Crippen LogP contribution in [0, 0.1) is 5.92 Å². The standard InChI is InChI=1S/C16H22N2O5S/c1-3-23-16(20)15(19)17-13-4-6-14(7-5-13)24(21,22)18-10-8-12(2)9-11-18/h4-7,12H,3,8-11H2,1-2H3,(H,17,19). The summed E-state index contributed by atoms with van der Waals surface area (Å²) in [5.74, 6) is -1.33. The number of rotatable bonds is 4. The van der Waals surface area contributed by atoms with Gasteiger partial charge in [-0.05, 0) is 49.9 Å². The second kappa shape index (κ2) is 7.76. The summed E-state index contributed by atoms with van der Waals surface area (Å²) in [6.07, 6.45) is 1.71. The van der Waals surface area contributed by atoms with Crippen molar-refractivity contribution in [1.29, 1.82) is 0 Å². The zero-order valence-electron chi connectivity index (χ0n) is 13.8. The van der Waals surface area contributed by atoms with Crippen molar-refractivity contribution >= 4 is 27.6 Å². The highest BCUT2D eigenvalue weighted by Gasteiger charge is 2.28. The van der Waals surface area contributed by atoms with Crippen LogP contribution in [0.1, 0.15) is 26.7 Å². The largest absolute Gasteiger partial charge is 0.459 e. The van der Waals surface area contributed by atoms with Gasteiger partial charge in [0.05, 0.1) is 11.5 Å². The van der Waals surface area contributed by atoms with E-state index in [-0.39, 0.29) is 11.5 Å². The first-order chi connectivity index (χ1) is 11.3. The van der Waals surface area contributed by atoms with Crippen LogP contribution in [0.2, 0.25) is 0 Å². The Balaban J connectivity index is 2.06. The first-order valence-electron chi connectivity index (χ1n) is 7.93. The minimum Gasteiger partial charge on any atom is -0.459 e. The summed E-state index contributed by atoms with van der Waals surface area (Å²) >= 11 is 0. The predicted octanol–water partition coefficient (Wildman–Crippen LogP) is 1.61. The van der Waals surface area contributed by atoms with Crippen molar-refractivity contribution in [3.05, 3.63) is 24.3 Å². The lowest BCUT2D eigenvalue weighted by atomic mass is 10.0. The number of nitrogens with zero attached hydrogens (tertiary/aromatic N) is 1. The van der Waals surface area contributed by atoms with Crippen molar-refractivity contribution in [2.24, 2.45) is 5.92 Å². The molecule has 2 rings (SSSR count). The number of esters is 1. The molecule has 0 spiro atoms. The molecule has 1 aromatic carbocycles. The van der Waals surface area contributed by atoms with Gasteiger partial charge < -0.3 is 10.1 Å². The number of carbonyl (C=O) groups is 2. The third-order valence-corrected chi connectivity index (χ3v) is 5.87. The molecule has 1 N–H and O–H groups in total. The highest BCUT2D eigenvalue weighted by Crippen LogP contribution is 2.24. The molecule has 0 saturated carbocycles. The van der Waals surface area contributed by atoms with E-state index in [0.717, 1.165) is 12.8 Å². The summed E-state index contributed by atoms with van der Waals surface area (Å²) in [5.41, 5.74) is 0.333.